The fourth-order valence-corrected chi connectivity index (χ4v) is 1.27. The molecule has 18 heavy (non-hydrogen) atoms. The normalized spacial score (nSPS) is 10.2. The maximum Gasteiger partial charge on any atom is 0.322 e. The van der Waals surface area contributed by atoms with Gasteiger partial charge in [0, 0.05) is 11.6 Å². The third-order valence-electron chi connectivity index (χ3n) is 2.03. The lowest BCUT2D eigenvalue weighted by Crippen LogP contribution is -2.29. The number of nitrogens with one attached hydrogen (secondary N) is 1. The van der Waals surface area contributed by atoms with Crippen molar-refractivity contribution in [1.29, 1.82) is 0 Å². The fourth-order valence-electron chi connectivity index (χ4n) is 1.27. The number of primary amides is 1. The van der Waals surface area contributed by atoms with Gasteiger partial charge in [-0.25, -0.2) is 0 Å². The molecule has 0 aliphatic heterocycles. The summed E-state index contributed by atoms with van der Waals surface area (Å²) < 4.78 is 0. The van der Waals surface area contributed by atoms with Crippen LogP contribution in [0.4, 0.5) is 0 Å². The topological polar surface area (TPSA) is 109 Å². The van der Waals surface area contributed by atoms with Crippen LogP contribution in [0.5, 0.6) is 0 Å². The van der Waals surface area contributed by atoms with E-state index >= 15 is 0 Å². The predicted molar refractivity (Wildman–Crippen MR) is 64.6 cm³/mol. The molecule has 94 valence electrons. The monoisotopic (exact) mass is 248 g/mol. The molecule has 6 nitrogen and oxygen atoms in total. The van der Waals surface area contributed by atoms with Crippen LogP contribution >= 0.6 is 0 Å². The van der Waals surface area contributed by atoms with Gasteiger partial charge in [0.1, 0.15) is 6.54 Å². The van der Waals surface area contributed by atoms with Crippen LogP contribution in [0.2, 0.25) is 0 Å². The van der Waals surface area contributed by atoms with Crippen LogP contribution in [0.3, 0.4) is 0 Å². The average molecular weight is 248 g/mol. The van der Waals surface area contributed by atoms with E-state index in [1.54, 1.807) is 18.2 Å². The van der Waals surface area contributed by atoms with Gasteiger partial charge in [0.2, 0.25) is 5.91 Å². The van der Waals surface area contributed by atoms with Crippen molar-refractivity contribution in [2.45, 2.75) is 0 Å². The van der Waals surface area contributed by atoms with Crippen LogP contribution in [-0.2, 0) is 9.59 Å². The van der Waals surface area contributed by atoms with Gasteiger partial charge in [-0.2, -0.15) is 0 Å². The van der Waals surface area contributed by atoms with Crippen LogP contribution in [0.25, 0.3) is 6.08 Å². The first-order chi connectivity index (χ1) is 8.50. The summed E-state index contributed by atoms with van der Waals surface area (Å²) in [6.07, 6.45) is 2.53. The Labute approximate surface area is 103 Å². The van der Waals surface area contributed by atoms with E-state index in [1.807, 2.05) is 0 Å². The lowest BCUT2D eigenvalue weighted by Gasteiger charge is -2.05. The fraction of sp³-hybridized carbons (Fsp3) is 0.0833. The van der Waals surface area contributed by atoms with E-state index in [0.29, 0.717) is 5.56 Å². The van der Waals surface area contributed by atoms with Gasteiger partial charge in [-0.1, -0.05) is 18.2 Å². The Morgan fingerprint density at radius 3 is 2.56 bits per heavy atom. The molecule has 0 aliphatic carbocycles. The van der Waals surface area contributed by atoms with Crippen LogP contribution in [0.15, 0.2) is 30.3 Å². The van der Waals surface area contributed by atoms with E-state index in [2.05, 4.69) is 5.32 Å². The summed E-state index contributed by atoms with van der Waals surface area (Å²) in [5, 5.41) is 10.7. The second-order valence-corrected chi connectivity index (χ2v) is 3.40. The summed E-state index contributed by atoms with van der Waals surface area (Å²) in [5.41, 5.74) is 5.72. The Hall–Kier alpha value is -2.63. The maximum absolute atomic E-state index is 11.7. The lowest BCUT2D eigenvalue weighted by molar-refractivity contribution is -0.135. The average Bonchev–Trinajstić information content (AvgIpc) is 2.33. The highest BCUT2D eigenvalue weighted by atomic mass is 16.4. The zero-order chi connectivity index (χ0) is 13.5. The Balaban J connectivity index is 2.91. The number of aliphatic carboxylic acids is 1. The summed E-state index contributed by atoms with van der Waals surface area (Å²) in [7, 11) is 0. The van der Waals surface area contributed by atoms with Crippen molar-refractivity contribution in [2.24, 2.45) is 5.73 Å². The largest absolute Gasteiger partial charge is 0.480 e. The van der Waals surface area contributed by atoms with Gasteiger partial charge >= 0.3 is 5.97 Å². The number of rotatable bonds is 5. The van der Waals surface area contributed by atoms with Gasteiger partial charge in [0.25, 0.3) is 5.91 Å². The second-order valence-electron chi connectivity index (χ2n) is 3.40. The van der Waals surface area contributed by atoms with Crippen LogP contribution in [0.1, 0.15) is 15.9 Å². The van der Waals surface area contributed by atoms with E-state index in [9.17, 15) is 14.4 Å². The molecule has 0 saturated heterocycles. The number of amides is 2. The van der Waals surface area contributed by atoms with Crippen molar-refractivity contribution >= 4 is 23.9 Å². The van der Waals surface area contributed by atoms with Crippen molar-refractivity contribution in [3.8, 4) is 0 Å². The minimum Gasteiger partial charge on any atom is -0.480 e. The van der Waals surface area contributed by atoms with E-state index in [-0.39, 0.29) is 5.56 Å². The number of hydrogen-bond acceptors (Lipinski definition) is 3. The first-order valence-electron chi connectivity index (χ1n) is 5.07. The smallest absolute Gasteiger partial charge is 0.322 e. The molecule has 0 bridgehead atoms. The molecule has 0 fully saturated rings. The zero-order valence-corrected chi connectivity index (χ0v) is 9.42. The number of carboxylic acids is 1. The van der Waals surface area contributed by atoms with Crippen LogP contribution in [0, 0.1) is 0 Å². The highest BCUT2D eigenvalue weighted by Crippen LogP contribution is 2.10. The molecule has 2 amide bonds. The third-order valence-corrected chi connectivity index (χ3v) is 2.03. The van der Waals surface area contributed by atoms with Gasteiger partial charge in [-0.15, -0.1) is 0 Å². The van der Waals surface area contributed by atoms with E-state index in [1.165, 1.54) is 12.1 Å². The minimum absolute atomic E-state index is 0.274. The molecule has 0 aromatic heterocycles. The minimum atomic E-state index is -1.13. The quantitative estimate of drug-likeness (QED) is 0.637. The molecule has 0 unspecified atom stereocenters. The van der Waals surface area contributed by atoms with Crippen molar-refractivity contribution < 1.29 is 19.5 Å². The zero-order valence-electron chi connectivity index (χ0n) is 9.42. The summed E-state index contributed by atoms with van der Waals surface area (Å²) in [6, 6.07) is 6.47. The molecule has 1 aromatic carbocycles. The first-order valence-corrected chi connectivity index (χ1v) is 5.07. The first kappa shape index (κ1) is 13.4. The molecule has 0 spiro atoms. The number of carbonyl (C=O) groups excluding carboxylic acids is 2. The second kappa shape index (κ2) is 6.19. The molecule has 0 aliphatic rings. The Morgan fingerprint density at radius 2 is 1.94 bits per heavy atom. The van der Waals surface area contributed by atoms with Crippen LogP contribution in [-0.4, -0.2) is 29.4 Å². The number of carbonyl (C=O) groups is 3. The van der Waals surface area contributed by atoms with Crippen molar-refractivity contribution in [3.05, 3.63) is 41.5 Å². The third kappa shape index (κ3) is 4.09. The molecule has 0 heterocycles. The van der Waals surface area contributed by atoms with E-state index in [0.717, 1.165) is 6.08 Å². The van der Waals surface area contributed by atoms with Crippen molar-refractivity contribution in [1.82, 2.24) is 5.32 Å². The van der Waals surface area contributed by atoms with E-state index in [4.69, 9.17) is 10.8 Å². The molecule has 0 atom stereocenters. The molecular formula is C12H12N2O4. The van der Waals surface area contributed by atoms with E-state index < -0.39 is 24.3 Å². The van der Waals surface area contributed by atoms with Gasteiger partial charge in [-0.05, 0) is 17.7 Å². The van der Waals surface area contributed by atoms with Crippen molar-refractivity contribution in [2.75, 3.05) is 6.54 Å². The lowest BCUT2D eigenvalue weighted by atomic mass is 10.1. The van der Waals surface area contributed by atoms with Crippen LogP contribution < -0.4 is 11.1 Å². The summed E-state index contributed by atoms with van der Waals surface area (Å²) >= 11 is 0. The summed E-state index contributed by atoms with van der Waals surface area (Å²) in [6.45, 7) is -0.466. The highest BCUT2D eigenvalue weighted by Gasteiger charge is 2.09. The maximum atomic E-state index is 11.7. The molecule has 1 aromatic rings. The predicted octanol–water partition coefficient (Wildman–Crippen LogP) is -0.000500. The summed E-state index contributed by atoms with van der Waals surface area (Å²) in [4.78, 5) is 32.7. The Kier molecular flexibility index (Phi) is 4.62. The molecule has 4 N–H and O–H groups in total. The standard InChI is InChI=1S/C12H12N2O4/c13-10(15)6-5-8-3-1-2-4-9(8)12(18)14-7-11(16)17/h1-6H,7H2,(H2,13,15)(H,14,18)(H,16,17). The number of hydrogen-bond donors (Lipinski definition) is 3. The SMILES string of the molecule is NC(=O)C=Cc1ccccc1C(=O)NCC(=O)O. The Bertz CT molecular complexity index is 509. The number of carboxylic acid groups (broad SMARTS) is 1. The molecular weight excluding hydrogens is 236 g/mol. The van der Waals surface area contributed by atoms with Gasteiger partial charge in [0.15, 0.2) is 0 Å². The van der Waals surface area contributed by atoms with Crippen molar-refractivity contribution in [3.63, 3.8) is 0 Å². The molecule has 1 rings (SSSR count). The number of benzene rings is 1. The Morgan fingerprint density at radius 1 is 1.28 bits per heavy atom. The molecule has 0 radical (unpaired) electrons. The van der Waals surface area contributed by atoms with Gasteiger partial charge in [-0.3, -0.25) is 14.4 Å². The number of nitrogens with two attached hydrogens (primary N) is 1. The molecule has 6 heteroatoms. The van der Waals surface area contributed by atoms with Gasteiger partial charge in [0.05, 0.1) is 0 Å². The summed E-state index contributed by atoms with van der Waals surface area (Å²) in [5.74, 6) is -2.29. The highest BCUT2D eigenvalue weighted by molar-refractivity contribution is 6.00. The molecule has 0 saturated carbocycles. The van der Waals surface area contributed by atoms with Gasteiger partial charge < -0.3 is 16.2 Å².